The van der Waals surface area contributed by atoms with Gasteiger partial charge in [-0.15, -0.1) is 0 Å². The average molecular weight is 475 g/mol. The second kappa shape index (κ2) is 9.10. The van der Waals surface area contributed by atoms with Crippen LogP contribution in [0.25, 0.3) is 0 Å². The van der Waals surface area contributed by atoms with Crippen LogP contribution < -0.4 is 0 Å². The van der Waals surface area contributed by atoms with Gasteiger partial charge in [-0.1, -0.05) is 45.9 Å². The van der Waals surface area contributed by atoms with Crippen LogP contribution in [-0.2, 0) is 36.0 Å². The number of aromatic carboxylic acids is 1. The fourth-order valence-electron chi connectivity index (χ4n) is 5.28. The van der Waals surface area contributed by atoms with Crippen molar-refractivity contribution in [1.29, 1.82) is 0 Å². The molecule has 1 aliphatic rings. The highest BCUT2D eigenvalue weighted by molar-refractivity contribution is 6.02. The van der Waals surface area contributed by atoms with E-state index in [4.69, 9.17) is 4.74 Å². The summed E-state index contributed by atoms with van der Waals surface area (Å²) in [5.74, 6) is -2.15. The van der Waals surface area contributed by atoms with Gasteiger partial charge in [0.25, 0.3) is 0 Å². The number of carbonyl (C=O) groups is 2. The number of phenolic OH excluding ortho intramolecular Hbond substituents is 2. The number of phenols is 2. The lowest BCUT2D eigenvalue weighted by molar-refractivity contribution is 0.0229. The molecule has 0 spiro atoms. The summed E-state index contributed by atoms with van der Waals surface area (Å²) in [5.41, 5.74) is 2.08. The summed E-state index contributed by atoms with van der Waals surface area (Å²) in [6, 6.07) is 11.6. The molecule has 3 N–H and O–H groups in total. The first kappa shape index (κ1) is 24.3. The van der Waals surface area contributed by atoms with Gasteiger partial charge in [0, 0.05) is 16.7 Å². The second-order valence-electron chi connectivity index (χ2n) is 8.82. The first-order chi connectivity index (χ1) is 16.7. The van der Waals surface area contributed by atoms with Gasteiger partial charge in [0.05, 0.1) is 11.1 Å². The lowest BCUT2D eigenvalue weighted by atomic mass is 9.72. The molecule has 3 aromatic carbocycles. The molecule has 0 aromatic heterocycles. The number of carboxylic acids is 1. The Morgan fingerprint density at radius 3 is 1.74 bits per heavy atom. The van der Waals surface area contributed by atoms with Crippen molar-refractivity contribution in [2.24, 2.45) is 0 Å². The van der Waals surface area contributed by atoms with Crippen LogP contribution in [0.5, 0.6) is 11.5 Å². The molecule has 0 atom stereocenters. The molecule has 0 aliphatic carbocycles. The summed E-state index contributed by atoms with van der Waals surface area (Å²) in [4.78, 5) is 25.7. The average Bonchev–Trinajstić information content (AvgIpc) is 3.15. The molecule has 182 valence electrons. The number of aryl methyl sites for hydroxylation is 4. The largest absolute Gasteiger partial charge is 0.507 e. The Balaban J connectivity index is 2.27. The van der Waals surface area contributed by atoms with Crippen LogP contribution in [0.3, 0.4) is 0 Å². The van der Waals surface area contributed by atoms with E-state index in [1.165, 1.54) is 18.2 Å². The number of ether oxygens (including phenoxy) is 1. The summed E-state index contributed by atoms with van der Waals surface area (Å²) in [5, 5.41) is 32.9. The Bertz CT molecular complexity index is 1280. The Labute approximate surface area is 204 Å². The third-order valence-corrected chi connectivity index (χ3v) is 6.91. The molecule has 0 saturated heterocycles. The van der Waals surface area contributed by atoms with E-state index in [1.54, 1.807) is 12.1 Å². The van der Waals surface area contributed by atoms with Gasteiger partial charge >= 0.3 is 11.9 Å². The Morgan fingerprint density at radius 2 is 1.31 bits per heavy atom. The molecule has 35 heavy (non-hydrogen) atoms. The van der Waals surface area contributed by atoms with Crippen molar-refractivity contribution in [1.82, 2.24) is 0 Å². The highest BCUT2D eigenvalue weighted by Crippen LogP contribution is 2.55. The quantitative estimate of drug-likeness (QED) is 0.390. The van der Waals surface area contributed by atoms with Gasteiger partial charge in [-0.3, -0.25) is 0 Å². The molecular formula is C29H30O6. The van der Waals surface area contributed by atoms with Gasteiger partial charge in [-0.05, 0) is 72.2 Å². The first-order valence-corrected chi connectivity index (χ1v) is 12.0. The fourth-order valence-corrected chi connectivity index (χ4v) is 5.28. The molecule has 6 nitrogen and oxygen atoms in total. The van der Waals surface area contributed by atoms with E-state index in [0.29, 0.717) is 36.8 Å². The maximum absolute atomic E-state index is 13.3. The summed E-state index contributed by atoms with van der Waals surface area (Å²) in [6.07, 6.45) is 2.36. The zero-order valence-corrected chi connectivity index (χ0v) is 20.4. The summed E-state index contributed by atoms with van der Waals surface area (Å²) in [7, 11) is 0. The van der Waals surface area contributed by atoms with Crippen LogP contribution in [0.4, 0.5) is 0 Å². The van der Waals surface area contributed by atoms with E-state index in [1.807, 2.05) is 39.8 Å². The van der Waals surface area contributed by atoms with Crippen molar-refractivity contribution in [2.45, 2.75) is 59.0 Å². The molecule has 6 heteroatoms. The number of carboxylic acid groups (broad SMARTS) is 1. The molecule has 0 radical (unpaired) electrons. The monoisotopic (exact) mass is 474 g/mol. The molecule has 3 aromatic rings. The molecule has 1 aliphatic heterocycles. The lowest BCUT2D eigenvalue weighted by Gasteiger charge is -2.35. The van der Waals surface area contributed by atoms with E-state index in [-0.39, 0.29) is 39.3 Å². The molecule has 0 saturated carbocycles. The Kier molecular flexibility index (Phi) is 6.32. The summed E-state index contributed by atoms with van der Waals surface area (Å²) in [6.45, 7) is 7.79. The number of rotatable bonds is 7. The molecule has 4 rings (SSSR count). The zero-order valence-electron chi connectivity index (χ0n) is 20.4. The van der Waals surface area contributed by atoms with Gasteiger partial charge in [-0.2, -0.15) is 0 Å². The molecule has 0 bridgehead atoms. The Morgan fingerprint density at radius 1 is 0.800 bits per heavy atom. The van der Waals surface area contributed by atoms with Crippen LogP contribution >= 0.6 is 0 Å². The maximum Gasteiger partial charge on any atom is 0.340 e. The minimum absolute atomic E-state index is 0.104. The van der Waals surface area contributed by atoms with Crippen LogP contribution in [0.15, 0.2) is 42.5 Å². The van der Waals surface area contributed by atoms with E-state index >= 15 is 0 Å². The molecule has 0 fully saturated rings. The lowest BCUT2D eigenvalue weighted by Crippen LogP contribution is -2.34. The van der Waals surface area contributed by atoms with Gasteiger partial charge in [0.15, 0.2) is 5.60 Å². The molecule has 0 amide bonds. The van der Waals surface area contributed by atoms with Crippen LogP contribution in [0.2, 0.25) is 0 Å². The molecule has 1 heterocycles. The maximum atomic E-state index is 13.3. The third-order valence-electron chi connectivity index (χ3n) is 6.91. The number of benzene rings is 3. The van der Waals surface area contributed by atoms with Gasteiger partial charge in [-0.25, -0.2) is 9.59 Å². The van der Waals surface area contributed by atoms with Crippen molar-refractivity contribution < 1.29 is 29.6 Å². The standard InChI is InChI=1S/C29H30O6/c1-5-16-12-18(7-3)24(22(30)14-16)29(25-19(8-4)13-17(6-2)15-23(25)31)26-20(27(32)33)10-9-11-21(26)28(34)35-29/h9-15,30-31H,5-8H2,1-4H3,(H,32,33). The predicted molar refractivity (Wildman–Crippen MR) is 132 cm³/mol. The van der Waals surface area contributed by atoms with Gasteiger partial charge < -0.3 is 20.1 Å². The predicted octanol–water partition coefficient (Wildman–Crippen LogP) is 5.51. The summed E-state index contributed by atoms with van der Waals surface area (Å²) >= 11 is 0. The number of carbonyl (C=O) groups excluding carboxylic acids is 1. The number of cyclic esters (lactones) is 1. The SMILES string of the molecule is CCc1cc(O)c(C2(c3c(O)cc(CC)cc3CC)OC(=O)c3cccc(C(=O)O)c32)c(CC)c1. The van der Waals surface area contributed by atoms with Crippen LogP contribution in [0, 0.1) is 0 Å². The minimum Gasteiger partial charge on any atom is -0.507 e. The second-order valence-corrected chi connectivity index (χ2v) is 8.82. The van der Waals surface area contributed by atoms with E-state index in [2.05, 4.69) is 0 Å². The van der Waals surface area contributed by atoms with E-state index < -0.39 is 17.5 Å². The van der Waals surface area contributed by atoms with Gasteiger partial charge in [0.2, 0.25) is 0 Å². The van der Waals surface area contributed by atoms with E-state index in [0.717, 1.165) is 11.1 Å². The number of esters is 1. The highest BCUT2D eigenvalue weighted by atomic mass is 16.6. The zero-order chi connectivity index (χ0) is 25.5. The van der Waals surface area contributed by atoms with Crippen molar-refractivity contribution in [3.8, 4) is 11.5 Å². The van der Waals surface area contributed by atoms with Gasteiger partial charge in [0.1, 0.15) is 11.5 Å². The number of fused-ring (bicyclic) bond motifs is 1. The minimum atomic E-state index is -1.83. The number of hydrogen-bond acceptors (Lipinski definition) is 5. The fraction of sp³-hybridized carbons (Fsp3) is 0.310. The Hall–Kier alpha value is -3.80. The number of hydrogen-bond donors (Lipinski definition) is 3. The van der Waals surface area contributed by atoms with E-state index in [9.17, 15) is 24.9 Å². The van der Waals surface area contributed by atoms with Crippen molar-refractivity contribution in [3.05, 3.63) is 92.5 Å². The molecular weight excluding hydrogens is 444 g/mol. The third kappa shape index (κ3) is 3.64. The van der Waals surface area contributed by atoms with Crippen molar-refractivity contribution in [3.63, 3.8) is 0 Å². The van der Waals surface area contributed by atoms with Crippen molar-refractivity contribution >= 4 is 11.9 Å². The highest BCUT2D eigenvalue weighted by Gasteiger charge is 2.55. The number of aromatic hydroxyl groups is 2. The van der Waals surface area contributed by atoms with Crippen LogP contribution in [-0.4, -0.2) is 27.3 Å². The smallest absolute Gasteiger partial charge is 0.340 e. The topological polar surface area (TPSA) is 104 Å². The summed E-state index contributed by atoms with van der Waals surface area (Å²) < 4.78 is 6.15. The molecule has 0 unspecified atom stereocenters. The normalized spacial score (nSPS) is 14.0. The van der Waals surface area contributed by atoms with Crippen LogP contribution in [0.1, 0.15) is 87.4 Å². The first-order valence-electron chi connectivity index (χ1n) is 12.0. The van der Waals surface area contributed by atoms with Crippen molar-refractivity contribution in [2.75, 3.05) is 0 Å².